The number of benzene rings is 3. The van der Waals surface area contributed by atoms with Gasteiger partial charge in [-0.25, -0.2) is 5.43 Å². The van der Waals surface area contributed by atoms with E-state index < -0.39 is 0 Å². The van der Waals surface area contributed by atoms with Gasteiger partial charge in [-0.05, 0) is 70.4 Å². The number of carbonyl (C=O) groups is 1. The van der Waals surface area contributed by atoms with Crippen molar-refractivity contribution in [2.45, 2.75) is 13.5 Å². The largest absolute Gasteiger partial charge is 0.490 e. The second-order valence-electron chi connectivity index (χ2n) is 6.36. The van der Waals surface area contributed by atoms with Crippen LogP contribution < -0.4 is 14.9 Å². The molecule has 1 amide bonds. The third kappa shape index (κ3) is 6.56. The summed E-state index contributed by atoms with van der Waals surface area (Å²) in [4.78, 5) is 12.3. The molecule has 5 nitrogen and oxygen atoms in total. The molecule has 0 aliphatic heterocycles. The summed E-state index contributed by atoms with van der Waals surface area (Å²) in [6.45, 7) is 2.68. The first-order chi connectivity index (χ1) is 15.0. The average Bonchev–Trinajstić information content (AvgIpc) is 2.75. The van der Waals surface area contributed by atoms with Gasteiger partial charge in [0.15, 0.2) is 11.5 Å². The maximum Gasteiger partial charge on any atom is 0.272 e. The lowest BCUT2D eigenvalue weighted by molar-refractivity contribution is 0.0954. The number of hydrazone groups is 1. The lowest BCUT2D eigenvalue weighted by atomic mass is 10.2. The summed E-state index contributed by atoms with van der Waals surface area (Å²) in [5.41, 5.74) is 4.66. The molecule has 0 heterocycles. The Morgan fingerprint density at radius 2 is 1.84 bits per heavy atom. The van der Waals surface area contributed by atoms with Crippen LogP contribution in [0.4, 0.5) is 0 Å². The smallest absolute Gasteiger partial charge is 0.272 e. The van der Waals surface area contributed by atoms with Crippen LogP contribution in [0.15, 0.2) is 74.7 Å². The van der Waals surface area contributed by atoms with Crippen LogP contribution in [0, 0.1) is 0 Å². The van der Waals surface area contributed by atoms with Crippen molar-refractivity contribution in [1.29, 1.82) is 0 Å². The molecule has 0 radical (unpaired) electrons. The maximum absolute atomic E-state index is 12.3. The Labute approximate surface area is 202 Å². The molecule has 0 spiro atoms. The number of carbonyl (C=O) groups excluding carboxylic acids is 1. The molecule has 0 atom stereocenters. The van der Waals surface area contributed by atoms with Crippen LogP contribution in [-0.2, 0) is 6.61 Å². The second-order valence-corrected chi connectivity index (χ2v) is 8.53. The van der Waals surface area contributed by atoms with E-state index in [0.29, 0.717) is 45.3 Å². The van der Waals surface area contributed by atoms with Gasteiger partial charge in [0.05, 0.1) is 23.4 Å². The molecule has 3 aromatic rings. The molecule has 0 fully saturated rings. The minimum absolute atomic E-state index is 0.325. The number of ether oxygens (including phenoxy) is 2. The predicted molar refractivity (Wildman–Crippen MR) is 130 cm³/mol. The van der Waals surface area contributed by atoms with Gasteiger partial charge in [0.2, 0.25) is 0 Å². The Hall–Kier alpha value is -2.35. The molecule has 0 saturated heterocycles. The van der Waals surface area contributed by atoms with Gasteiger partial charge in [-0.1, -0.05) is 51.8 Å². The summed E-state index contributed by atoms with van der Waals surface area (Å²) in [6.07, 6.45) is 1.50. The molecular formula is C23H19Br2ClN2O3. The number of amides is 1. The zero-order chi connectivity index (χ0) is 22.2. The summed E-state index contributed by atoms with van der Waals surface area (Å²) in [5.74, 6) is 0.640. The Kier molecular flexibility index (Phi) is 8.51. The average molecular weight is 567 g/mol. The van der Waals surface area contributed by atoms with E-state index in [-0.39, 0.29) is 5.91 Å². The van der Waals surface area contributed by atoms with Gasteiger partial charge in [0.25, 0.3) is 5.91 Å². The minimum Gasteiger partial charge on any atom is -0.490 e. The summed E-state index contributed by atoms with van der Waals surface area (Å²) < 4.78 is 13.3. The number of rotatable bonds is 8. The molecule has 160 valence electrons. The number of nitrogens with zero attached hydrogens (tertiary/aromatic N) is 1. The van der Waals surface area contributed by atoms with E-state index in [1.54, 1.807) is 30.3 Å². The molecular weight excluding hydrogens is 548 g/mol. The SMILES string of the molecule is CCOc1cc(/C=N/NC(=O)c2ccccc2Br)cc(Cl)c1OCc1ccc(Br)cc1. The summed E-state index contributed by atoms with van der Waals surface area (Å²) in [5, 5.41) is 4.42. The van der Waals surface area contributed by atoms with Crippen molar-refractivity contribution in [3.8, 4) is 11.5 Å². The molecule has 31 heavy (non-hydrogen) atoms. The molecule has 0 bridgehead atoms. The number of halogens is 3. The van der Waals surface area contributed by atoms with Crippen LogP contribution in [0.3, 0.4) is 0 Å². The highest BCUT2D eigenvalue weighted by molar-refractivity contribution is 9.10. The molecule has 0 aliphatic rings. The van der Waals surface area contributed by atoms with Crippen LogP contribution in [0.25, 0.3) is 0 Å². The van der Waals surface area contributed by atoms with Crippen molar-refractivity contribution in [1.82, 2.24) is 5.43 Å². The number of nitrogens with one attached hydrogen (secondary N) is 1. The van der Waals surface area contributed by atoms with Gasteiger partial charge < -0.3 is 9.47 Å². The zero-order valence-electron chi connectivity index (χ0n) is 16.6. The van der Waals surface area contributed by atoms with Gasteiger partial charge in [-0.15, -0.1) is 0 Å². The lowest BCUT2D eigenvalue weighted by Crippen LogP contribution is -2.18. The molecule has 0 aliphatic carbocycles. The van der Waals surface area contributed by atoms with Gasteiger partial charge in [-0.2, -0.15) is 5.10 Å². The van der Waals surface area contributed by atoms with Gasteiger partial charge in [-0.3, -0.25) is 4.79 Å². The third-order valence-corrected chi connectivity index (χ3v) is 5.63. The Bertz CT molecular complexity index is 1090. The van der Waals surface area contributed by atoms with Crippen molar-refractivity contribution in [3.63, 3.8) is 0 Å². The van der Waals surface area contributed by atoms with Gasteiger partial charge in [0, 0.05) is 8.95 Å². The van der Waals surface area contributed by atoms with E-state index in [2.05, 4.69) is 42.4 Å². The van der Waals surface area contributed by atoms with Gasteiger partial charge >= 0.3 is 0 Å². The van der Waals surface area contributed by atoms with E-state index in [0.717, 1.165) is 10.0 Å². The van der Waals surface area contributed by atoms with E-state index >= 15 is 0 Å². The maximum atomic E-state index is 12.3. The fourth-order valence-corrected chi connectivity index (χ4v) is 3.68. The highest BCUT2D eigenvalue weighted by Crippen LogP contribution is 2.37. The van der Waals surface area contributed by atoms with Gasteiger partial charge in [0.1, 0.15) is 6.61 Å². The summed E-state index contributed by atoms with van der Waals surface area (Å²) in [6, 6.07) is 18.4. The third-order valence-electron chi connectivity index (χ3n) is 4.13. The van der Waals surface area contributed by atoms with Crippen LogP contribution >= 0.6 is 43.5 Å². The highest BCUT2D eigenvalue weighted by atomic mass is 79.9. The van der Waals surface area contributed by atoms with E-state index in [9.17, 15) is 4.79 Å². The quantitative estimate of drug-likeness (QED) is 0.247. The normalized spacial score (nSPS) is 10.8. The van der Waals surface area contributed by atoms with Crippen molar-refractivity contribution >= 4 is 55.6 Å². The first kappa shape index (κ1) is 23.3. The van der Waals surface area contributed by atoms with E-state index in [1.165, 1.54) is 6.21 Å². The topological polar surface area (TPSA) is 59.9 Å². The van der Waals surface area contributed by atoms with Crippen molar-refractivity contribution in [3.05, 3.63) is 91.3 Å². The number of hydrogen-bond acceptors (Lipinski definition) is 4. The van der Waals surface area contributed by atoms with Crippen LogP contribution in [-0.4, -0.2) is 18.7 Å². The lowest BCUT2D eigenvalue weighted by Gasteiger charge is -2.14. The van der Waals surface area contributed by atoms with Crippen molar-refractivity contribution < 1.29 is 14.3 Å². The van der Waals surface area contributed by atoms with E-state index in [1.807, 2.05) is 37.3 Å². The highest BCUT2D eigenvalue weighted by Gasteiger charge is 2.13. The summed E-state index contributed by atoms with van der Waals surface area (Å²) in [7, 11) is 0. The Morgan fingerprint density at radius 3 is 2.55 bits per heavy atom. The second kappa shape index (κ2) is 11.3. The molecule has 3 aromatic carbocycles. The van der Waals surface area contributed by atoms with Crippen LogP contribution in [0.1, 0.15) is 28.4 Å². The molecule has 0 saturated carbocycles. The zero-order valence-corrected chi connectivity index (χ0v) is 20.5. The van der Waals surface area contributed by atoms with Crippen molar-refractivity contribution in [2.75, 3.05) is 6.61 Å². The monoisotopic (exact) mass is 564 g/mol. The Balaban J connectivity index is 1.73. The predicted octanol–water partition coefficient (Wildman–Crippen LogP) is 6.61. The minimum atomic E-state index is -0.325. The van der Waals surface area contributed by atoms with E-state index in [4.69, 9.17) is 21.1 Å². The van der Waals surface area contributed by atoms with Crippen molar-refractivity contribution in [2.24, 2.45) is 5.10 Å². The molecule has 8 heteroatoms. The van der Waals surface area contributed by atoms with Crippen LogP contribution in [0.2, 0.25) is 5.02 Å². The molecule has 0 aromatic heterocycles. The first-order valence-electron chi connectivity index (χ1n) is 9.39. The number of hydrogen-bond donors (Lipinski definition) is 1. The fourth-order valence-electron chi connectivity index (χ4n) is 2.67. The Morgan fingerprint density at radius 1 is 1.10 bits per heavy atom. The fraction of sp³-hybridized carbons (Fsp3) is 0.130. The first-order valence-corrected chi connectivity index (χ1v) is 11.4. The summed E-state index contributed by atoms with van der Waals surface area (Å²) >= 11 is 13.2. The molecule has 3 rings (SSSR count). The molecule has 0 unspecified atom stereocenters. The molecule has 1 N–H and O–H groups in total. The van der Waals surface area contributed by atoms with Crippen LogP contribution in [0.5, 0.6) is 11.5 Å². The standard InChI is InChI=1S/C23H19Br2ClN2O3/c1-2-30-21-12-16(13-27-28-23(29)18-5-3-4-6-19(18)25)11-20(26)22(21)31-14-15-7-9-17(24)10-8-15/h3-13H,2,14H2,1H3,(H,28,29)/b27-13+.